The molecule has 0 unspecified atom stereocenters. The van der Waals surface area contributed by atoms with Gasteiger partial charge in [0.15, 0.2) is 5.82 Å². The molecule has 0 aromatic carbocycles. The number of nitrogens with one attached hydrogen (secondary N) is 1. The molecule has 4 nitrogen and oxygen atoms in total. The first-order chi connectivity index (χ1) is 8.04. The number of thiazole rings is 1. The number of aromatic nitrogens is 3. The highest BCUT2D eigenvalue weighted by Gasteiger charge is 2.10. The van der Waals surface area contributed by atoms with Crippen LogP contribution in [0.1, 0.15) is 26.5 Å². The van der Waals surface area contributed by atoms with Gasteiger partial charge in [-0.15, -0.1) is 11.3 Å². The van der Waals surface area contributed by atoms with Crippen molar-refractivity contribution in [3.05, 3.63) is 28.8 Å². The lowest BCUT2D eigenvalue weighted by Crippen LogP contribution is -2.35. The highest BCUT2D eigenvalue weighted by molar-refractivity contribution is 7.07. The maximum Gasteiger partial charge on any atom is 0.179 e. The largest absolute Gasteiger partial charge is 0.306 e. The smallest absolute Gasteiger partial charge is 0.179 e. The quantitative estimate of drug-likeness (QED) is 0.906. The molecule has 2 aromatic rings. The van der Waals surface area contributed by atoms with Crippen LogP contribution in [0.2, 0.25) is 0 Å². The van der Waals surface area contributed by atoms with Crippen molar-refractivity contribution in [3.8, 4) is 11.5 Å². The van der Waals surface area contributed by atoms with Crippen LogP contribution in [-0.2, 0) is 6.54 Å². The fourth-order valence-corrected chi connectivity index (χ4v) is 1.83. The van der Waals surface area contributed by atoms with E-state index >= 15 is 0 Å². The van der Waals surface area contributed by atoms with Crippen molar-refractivity contribution in [2.24, 2.45) is 0 Å². The zero-order valence-electron chi connectivity index (χ0n) is 10.3. The van der Waals surface area contributed by atoms with Crippen molar-refractivity contribution in [1.82, 2.24) is 20.3 Å². The Hall–Kier alpha value is -1.33. The van der Waals surface area contributed by atoms with Gasteiger partial charge in [-0.05, 0) is 26.8 Å². The predicted octanol–water partition coefficient (Wildman–Crippen LogP) is 2.49. The molecule has 0 aliphatic heterocycles. The minimum absolute atomic E-state index is 0.0890. The van der Waals surface area contributed by atoms with Crippen molar-refractivity contribution in [3.63, 3.8) is 0 Å². The van der Waals surface area contributed by atoms with Crippen LogP contribution in [0.4, 0.5) is 0 Å². The second kappa shape index (κ2) is 4.89. The molecule has 0 atom stereocenters. The van der Waals surface area contributed by atoms with Gasteiger partial charge in [-0.2, -0.15) is 0 Å². The summed E-state index contributed by atoms with van der Waals surface area (Å²) in [7, 11) is 0. The summed E-state index contributed by atoms with van der Waals surface area (Å²) in [6, 6.07) is 1.93. The van der Waals surface area contributed by atoms with Crippen LogP contribution in [0.3, 0.4) is 0 Å². The lowest BCUT2D eigenvalue weighted by molar-refractivity contribution is 0.421. The lowest BCUT2D eigenvalue weighted by atomic mass is 10.1. The van der Waals surface area contributed by atoms with Gasteiger partial charge in [0.25, 0.3) is 0 Å². The van der Waals surface area contributed by atoms with Crippen molar-refractivity contribution in [2.45, 2.75) is 32.9 Å². The van der Waals surface area contributed by atoms with E-state index in [9.17, 15) is 0 Å². The molecule has 1 N–H and O–H groups in total. The van der Waals surface area contributed by atoms with E-state index in [1.165, 1.54) is 0 Å². The molecule has 0 aliphatic rings. The minimum atomic E-state index is 0.0890. The van der Waals surface area contributed by atoms with Crippen LogP contribution in [0.15, 0.2) is 23.2 Å². The predicted molar refractivity (Wildman–Crippen MR) is 69.7 cm³/mol. The van der Waals surface area contributed by atoms with E-state index in [0.717, 1.165) is 17.9 Å². The van der Waals surface area contributed by atoms with E-state index in [0.29, 0.717) is 5.82 Å². The van der Waals surface area contributed by atoms with Crippen LogP contribution in [0.25, 0.3) is 11.5 Å². The molecule has 5 heteroatoms. The summed E-state index contributed by atoms with van der Waals surface area (Å²) in [6.45, 7) is 7.14. The molecule has 0 amide bonds. The summed E-state index contributed by atoms with van der Waals surface area (Å²) in [4.78, 5) is 12.9. The average Bonchev–Trinajstić information content (AvgIpc) is 2.79. The van der Waals surface area contributed by atoms with Crippen LogP contribution < -0.4 is 5.32 Å². The molecule has 0 spiro atoms. The van der Waals surface area contributed by atoms with Crippen LogP contribution >= 0.6 is 11.3 Å². The molecule has 0 bridgehead atoms. The molecular weight excluding hydrogens is 232 g/mol. The molecule has 0 aliphatic carbocycles. The molecule has 0 radical (unpaired) electrons. The first-order valence-electron chi connectivity index (χ1n) is 5.50. The Kier molecular flexibility index (Phi) is 3.49. The third kappa shape index (κ3) is 3.57. The second-order valence-electron chi connectivity index (χ2n) is 4.85. The Bertz CT molecular complexity index is 474. The van der Waals surface area contributed by atoms with Gasteiger partial charge in [-0.1, -0.05) is 0 Å². The van der Waals surface area contributed by atoms with E-state index in [2.05, 4.69) is 41.0 Å². The maximum atomic E-state index is 4.49. The summed E-state index contributed by atoms with van der Waals surface area (Å²) in [6.07, 6.45) is 1.78. The van der Waals surface area contributed by atoms with E-state index in [4.69, 9.17) is 0 Å². The van der Waals surface area contributed by atoms with Gasteiger partial charge in [0.2, 0.25) is 0 Å². The van der Waals surface area contributed by atoms with Gasteiger partial charge in [0.05, 0.1) is 11.2 Å². The SMILES string of the molecule is CC(C)(C)NCc1ccnc(-c2cscn2)n1. The third-order valence-corrected chi connectivity index (χ3v) is 2.76. The van der Waals surface area contributed by atoms with Gasteiger partial charge in [-0.3, -0.25) is 0 Å². The number of rotatable bonds is 3. The second-order valence-corrected chi connectivity index (χ2v) is 5.57. The van der Waals surface area contributed by atoms with Crippen LogP contribution in [0, 0.1) is 0 Å². The summed E-state index contributed by atoms with van der Waals surface area (Å²) < 4.78 is 0. The molecule has 0 fully saturated rings. The normalized spacial score (nSPS) is 11.7. The molecule has 2 aromatic heterocycles. The molecule has 90 valence electrons. The van der Waals surface area contributed by atoms with Gasteiger partial charge in [0.1, 0.15) is 5.69 Å². The van der Waals surface area contributed by atoms with Crippen molar-refractivity contribution < 1.29 is 0 Å². The van der Waals surface area contributed by atoms with E-state index in [-0.39, 0.29) is 5.54 Å². The zero-order chi connectivity index (χ0) is 12.3. The third-order valence-electron chi connectivity index (χ3n) is 2.17. The molecule has 2 heterocycles. The highest BCUT2D eigenvalue weighted by Crippen LogP contribution is 2.14. The number of hydrogen-bond donors (Lipinski definition) is 1. The van der Waals surface area contributed by atoms with E-state index in [1.807, 2.05) is 11.4 Å². The van der Waals surface area contributed by atoms with Crippen LogP contribution in [0.5, 0.6) is 0 Å². The van der Waals surface area contributed by atoms with Gasteiger partial charge in [0, 0.05) is 23.7 Å². The lowest BCUT2D eigenvalue weighted by Gasteiger charge is -2.20. The number of nitrogens with zero attached hydrogens (tertiary/aromatic N) is 3. The molecule has 17 heavy (non-hydrogen) atoms. The average molecular weight is 248 g/mol. The van der Waals surface area contributed by atoms with E-state index < -0.39 is 0 Å². The maximum absolute atomic E-state index is 4.49. The Morgan fingerprint density at radius 3 is 2.76 bits per heavy atom. The summed E-state index contributed by atoms with van der Waals surface area (Å²) in [5, 5.41) is 5.36. The minimum Gasteiger partial charge on any atom is -0.306 e. The fraction of sp³-hybridized carbons (Fsp3) is 0.417. The van der Waals surface area contributed by atoms with Crippen molar-refractivity contribution >= 4 is 11.3 Å². The Morgan fingerprint density at radius 2 is 2.12 bits per heavy atom. The summed E-state index contributed by atoms with van der Waals surface area (Å²) in [5.41, 5.74) is 3.70. The first kappa shape index (κ1) is 12.1. The first-order valence-corrected chi connectivity index (χ1v) is 6.44. The van der Waals surface area contributed by atoms with Gasteiger partial charge >= 0.3 is 0 Å². The fourth-order valence-electron chi connectivity index (χ4n) is 1.30. The van der Waals surface area contributed by atoms with Crippen molar-refractivity contribution in [2.75, 3.05) is 0 Å². The van der Waals surface area contributed by atoms with Crippen LogP contribution in [-0.4, -0.2) is 20.5 Å². The molecular formula is C12H16N4S. The van der Waals surface area contributed by atoms with Gasteiger partial charge < -0.3 is 5.32 Å². The topological polar surface area (TPSA) is 50.7 Å². The Morgan fingerprint density at radius 1 is 1.29 bits per heavy atom. The molecule has 2 rings (SSSR count). The summed E-state index contributed by atoms with van der Waals surface area (Å²) in [5.74, 6) is 0.694. The molecule has 0 saturated carbocycles. The monoisotopic (exact) mass is 248 g/mol. The highest BCUT2D eigenvalue weighted by atomic mass is 32.1. The zero-order valence-corrected chi connectivity index (χ0v) is 11.1. The standard InChI is InChI=1S/C12H16N4S/c1-12(2,3)15-6-9-4-5-13-11(16-9)10-7-17-8-14-10/h4-5,7-8,15H,6H2,1-3H3. The summed E-state index contributed by atoms with van der Waals surface area (Å²) >= 11 is 1.55. The number of hydrogen-bond acceptors (Lipinski definition) is 5. The molecule has 0 saturated heterocycles. The van der Waals surface area contributed by atoms with Gasteiger partial charge in [-0.25, -0.2) is 15.0 Å². The van der Waals surface area contributed by atoms with E-state index in [1.54, 1.807) is 23.0 Å². The Labute approximate surface area is 105 Å². The Balaban J connectivity index is 2.12. The van der Waals surface area contributed by atoms with Crippen molar-refractivity contribution in [1.29, 1.82) is 0 Å².